The standard InChI is InChI=1S/C17H13BrFN3O/c1-11-13(18)5-4-7-15(11)21-17(23)12-9-20-22(10-12)16-8-3-2-6-14(16)19/h2-10H,1H3,(H,21,23). The van der Waals surface area contributed by atoms with Gasteiger partial charge in [-0.3, -0.25) is 4.79 Å². The van der Waals surface area contributed by atoms with Gasteiger partial charge in [0.25, 0.3) is 5.91 Å². The van der Waals surface area contributed by atoms with Crippen LogP contribution >= 0.6 is 15.9 Å². The van der Waals surface area contributed by atoms with Gasteiger partial charge in [-0.05, 0) is 36.8 Å². The number of anilines is 1. The Hall–Kier alpha value is -2.47. The number of hydrogen-bond acceptors (Lipinski definition) is 2. The Kier molecular flexibility index (Phi) is 4.25. The molecule has 1 heterocycles. The smallest absolute Gasteiger partial charge is 0.258 e. The minimum atomic E-state index is -0.398. The number of nitrogens with one attached hydrogen (secondary N) is 1. The number of nitrogens with zero attached hydrogens (tertiary/aromatic N) is 2. The lowest BCUT2D eigenvalue weighted by atomic mass is 10.2. The molecule has 0 aliphatic heterocycles. The Morgan fingerprint density at radius 2 is 2.00 bits per heavy atom. The quantitative estimate of drug-likeness (QED) is 0.742. The Morgan fingerprint density at radius 3 is 2.78 bits per heavy atom. The molecule has 3 aromatic rings. The summed E-state index contributed by atoms with van der Waals surface area (Å²) < 4.78 is 16.0. The molecule has 0 spiro atoms. The fraction of sp³-hybridized carbons (Fsp3) is 0.0588. The van der Waals surface area contributed by atoms with Gasteiger partial charge in [0.2, 0.25) is 0 Å². The first-order chi connectivity index (χ1) is 11.1. The number of hydrogen-bond donors (Lipinski definition) is 1. The molecule has 0 unspecified atom stereocenters. The van der Waals surface area contributed by atoms with E-state index >= 15 is 0 Å². The third-order valence-corrected chi connectivity index (χ3v) is 4.32. The molecule has 6 heteroatoms. The summed E-state index contributed by atoms with van der Waals surface area (Å²) in [5.74, 6) is -0.695. The number of halogens is 2. The van der Waals surface area contributed by atoms with Crippen molar-refractivity contribution < 1.29 is 9.18 Å². The maximum absolute atomic E-state index is 13.8. The van der Waals surface area contributed by atoms with E-state index in [4.69, 9.17) is 0 Å². The molecule has 0 fully saturated rings. The van der Waals surface area contributed by atoms with Crippen molar-refractivity contribution in [2.75, 3.05) is 5.32 Å². The number of para-hydroxylation sites is 1. The topological polar surface area (TPSA) is 46.9 Å². The van der Waals surface area contributed by atoms with Crippen molar-refractivity contribution in [1.82, 2.24) is 9.78 Å². The highest BCUT2D eigenvalue weighted by Gasteiger charge is 2.13. The molecule has 1 amide bonds. The van der Waals surface area contributed by atoms with Crippen LogP contribution in [0.4, 0.5) is 10.1 Å². The van der Waals surface area contributed by atoms with Gasteiger partial charge in [0.15, 0.2) is 0 Å². The minimum absolute atomic E-state index is 0.296. The second-order valence-corrected chi connectivity index (χ2v) is 5.85. The van der Waals surface area contributed by atoms with Gasteiger partial charge in [0, 0.05) is 16.4 Å². The van der Waals surface area contributed by atoms with E-state index in [1.807, 2.05) is 25.1 Å². The predicted octanol–water partition coefficient (Wildman–Crippen LogP) is 4.33. The third-order valence-electron chi connectivity index (χ3n) is 3.46. The van der Waals surface area contributed by atoms with Crippen molar-refractivity contribution in [2.45, 2.75) is 6.92 Å². The maximum Gasteiger partial charge on any atom is 0.258 e. The van der Waals surface area contributed by atoms with Crippen LogP contribution in [-0.4, -0.2) is 15.7 Å². The van der Waals surface area contributed by atoms with Gasteiger partial charge >= 0.3 is 0 Å². The number of benzene rings is 2. The summed E-state index contributed by atoms with van der Waals surface area (Å²) in [4.78, 5) is 12.3. The van der Waals surface area contributed by atoms with Crippen LogP contribution in [0.3, 0.4) is 0 Å². The molecule has 1 aromatic heterocycles. The van der Waals surface area contributed by atoms with Gasteiger partial charge in [0.05, 0.1) is 11.8 Å². The van der Waals surface area contributed by atoms with Crippen molar-refractivity contribution in [2.24, 2.45) is 0 Å². The molecule has 0 bridgehead atoms. The zero-order valence-electron chi connectivity index (χ0n) is 12.3. The molecule has 0 radical (unpaired) electrons. The SMILES string of the molecule is Cc1c(Br)cccc1NC(=O)c1cnn(-c2ccccc2F)c1. The van der Waals surface area contributed by atoms with Gasteiger partial charge in [-0.25, -0.2) is 9.07 Å². The summed E-state index contributed by atoms with van der Waals surface area (Å²) in [6.07, 6.45) is 2.91. The zero-order valence-corrected chi connectivity index (χ0v) is 13.8. The van der Waals surface area contributed by atoms with Crippen molar-refractivity contribution in [1.29, 1.82) is 0 Å². The van der Waals surface area contributed by atoms with E-state index in [9.17, 15) is 9.18 Å². The second kappa shape index (κ2) is 6.34. The van der Waals surface area contributed by atoms with Gasteiger partial charge in [0.1, 0.15) is 11.5 Å². The van der Waals surface area contributed by atoms with E-state index in [1.54, 1.807) is 18.2 Å². The highest BCUT2D eigenvalue weighted by atomic mass is 79.9. The van der Waals surface area contributed by atoms with E-state index in [2.05, 4.69) is 26.3 Å². The predicted molar refractivity (Wildman–Crippen MR) is 90.4 cm³/mol. The number of amides is 1. The number of rotatable bonds is 3. The summed E-state index contributed by atoms with van der Waals surface area (Å²) >= 11 is 3.43. The molecule has 0 saturated carbocycles. The van der Waals surface area contributed by atoms with Crippen molar-refractivity contribution in [3.63, 3.8) is 0 Å². The highest BCUT2D eigenvalue weighted by molar-refractivity contribution is 9.10. The normalized spacial score (nSPS) is 10.6. The largest absolute Gasteiger partial charge is 0.322 e. The Balaban J connectivity index is 1.84. The van der Waals surface area contributed by atoms with Crippen molar-refractivity contribution >= 4 is 27.5 Å². The maximum atomic E-state index is 13.8. The van der Waals surface area contributed by atoms with E-state index in [0.717, 1.165) is 10.0 Å². The summed E-state index contributed by atoms with van der Waals surface area (Å²) in [5.41, 5.74) is 2.29. The molecule has 0 atom stereocenters. The van der Waals surface area contributed by atoms with Gasteiger partial charge in [-0.15, -0.1) is 0 Å². The lowest BCUT2D eigenvalue weighted by Gasteiger charge is -2.08. The lowest BCUT2D eigenvalue weighted by molar-refractivity contribution is 0.102. The van der Waals surface area contributed by atoms with Gasteiger partial charge in [-0.2, -0.15) is 5.10 Å². The molecule has 0 aliphatic rings. The first kappa shape index (κ1) is 15.4. The number of carbonyl (C=O) groups is 1. The van der Waals surface area contributed by atoms with Crippen LogP contribution in [0.1, 0.15) is 15.9 Å². The Labute approximate surface area is 141 Å². The third kappa shape index (κ3) is 3.17. The number of carbonyl (C=O) groups excluding carboxylic acids is 1. The van der Waals surface area contributed by atoms with Crippen LogP contribution in [0.15, 0.2) is 59.3 Å². The zero-order chi connectivity index (χ0) is 16.4. The molecular formula is C17H13BrFN3O. The van der Waals surface area contributed by atoms with Crippen LogP contribution in [0.25, 0.3) is 5.69 Å². The molecule has 23 heavy (non-hydrogen) atoms. The van der Waals surface area contributed by atoms with Crippen molar-refractivity contribution in [3.8, 4) is 5.69 Å². The van der Waals surface area contributed by atoms with Crippen molar-refractivity contribution in [3.05, 3.63) is 76.3 Å². The summed E-state index contributed by atoms with van der Waals surface area (Å²) in [5, 5.41) is 6.89. The van der Waals surface area contributed by atoms with Crippen LogP contribution in [-0.2, 0) is 0 Å². The Morgan fingerprint density at radius 1 is 1.22 bits per heavy atom. The lowest BCUT2D eigenvalue weighted by Crippen LogP contribution is -2.12. The average molecular weight is 374 g/mol. The second-order valence-electron chi connectivity index (χ2n) is 4.99. The monoisotopic (exact) mass is 373 g/mol. The average Bonchev–Trinajstić information content (AvgIpc) is 3.02. The molecule has 116 valence electrons. The molecule has 0 saturated heterocycles. The fourth-order valence-corrected chi connectivity index (χ4v) is 2.51. The fourth-order valence-electron chi connectivity index (χ4n) is 2.15. The van der Waals surface area contributed by atoms with Crippen LogP contribution in [0.2, 0.25) is 0 Å². The van der Waals surface area contributed by atoms with E-state index in [0.29, 0.717) is 16.9 Å². The molecule has 2 aromatic carbocycles. The van der Waals surface area contributed by atoms with Gasteiger partial charge in [-0.1, -0.05) is 34.1 Å². The van der Waals surface area contributed by atoms with Crippen LogP contribution < -0.4 is 5.32 Å². The van der Waals surface area contributed by atoms with Crippen LogP contribution in [0.5, 0.6) is 0 Å². The van der Waals surface area contributed by atoms with Gasteiger partial charge < -0.3 is 5.32 Å². The molecule has 1 N–H and O–H groups in total. The Bertz CT molecular complexity index is 876. The van der Waals surface area contributed by atoms with Crippen LogP contribution in [0, 0.1) is 12.7 Å². The summed E-state index contributed by atoms with van der Waals surface area (Å²) in [6, 6.07) is 11.8. The number of aromatic nitrogens is 2. The van der Waals surface area contributed by atoms with E-state index in [1.165, 1.54) is 23.1 Å². The summed E-state index contributed by atoms with van der Waals surface area (Å²) in [6.45, 7) is 1.91. The minimum Gasteiger partial charge on any atom is -0.322 e. The summed E-state index contributed by atoms with van der Waals surface area (Å²) in [7, 11) is 0. The molecule has 4 nitrogen and oxygen atoms in total. The first-order valence-electron chi connectivity index (χ1n) is 6.92. The molecule has 3 rings (SSSR count). The van der Waals surface area contributed by atoms with E-state index < -0.39 is 5.82 Å². The van der Waals surface area contributed by atoms with E-state index in [-0.39, 0.29) is 5.91 Å². The highest BCUT2D eigenvalue weighted by Crippen LogP contribution is 2.24. The first-order valence-corrected chi connectivity index (χ1v) is 7.71. The molecule has 0 aliphatic carbocycles. The molecular weight excluding hydrogens is 361 g/mol.